The molecule has 11 nitrogen and oxygen atoms in total. The first-order valence-corrected chi connectivity index (χ1v) is 13.0. The number of anilines is 1. The van der Waals surface area contributed by atoms with Crippen molar-refractivity contribution < 1.29 is 27.5 Å². The van der Waals surface area contributed by atoms with Crippen LogP contribution in [-0.2, 0) is 10.0 Å². The normalized spacial score (nSPS) is 11.4. The van der Waals surface area contributed by atoms with Crippen LogP contribution in [0.5, 0.6) is 11.9 Å². The van der Waals surface area contributed by atoms with Gasteiger partial charge in [-0.1, -0.05) is 60.7 Å². The molecule has 0 atom stereocenters. The van der Waals surface area contributed by atoms with Gasteiger partial charge < -0.3 is 9.47 Å². The summed E-state index contributed by atoms with van der Waals surface area (Å²) in [4.78, 5) is 34.1. The van der Waals surface area contributed by atoms with Gasteiger partial charge in [-0.2, -0.15) is 20.2 Å². The Morgan fingerprint density at radius 3 is 1.87 bits per heavy atom. The lowest BCUT2D eigenvalue weighted by Gasteiger charge is -2.10. The van der Waals surface area contributed by atoms with Crippen molar-refractivity contribution in [3.8, 4) is 11.9 Å². The Kier molecular flexibility index (Phi) is 8.37. The molecule has 3 aromatic carbocycles. The Balaban J connectivity index is 1.57. The molecule has 0 bridgehead atoms. The molecule has 0 aliphatic heterocycles. The molecule has 39 heavy (non-hydrogen) atoms. The van der Waals surface area contributed by atoms with E-state index in [0.29, 0.717) is 11.1 Å². The van der Waals surface area contributed by atoms with Crippen molar-refractivity contribution in [1.82, 2.24) is 9.97 Å². The van der Waals surface area contributed by atoms with Crippen LogP contribution in [0.3, 0.4) is 0 Å². The van der Waals surface area contributed by atoms with E-state index in [0.717, 1.165) is 0 Å². The Labute approximate surface area is 224 Å². The minimum atomic E-state index is -4.04. The summed E-state index contributed by atoms with van der Waals surface area (Å²) in [6.07, 6.45) is 0. The molecule has 0 spiro atoms. The monoisotopic (exact) mass is 545 g/mol. The molecule has 4 aromatic rings. The third-order valence-electron chi connectivity index (χ3n) is 5.36. The van der Waals surface area contributed by atoms with Crippen LogP contribution >= 0.6 is 0 Å². The number of carbonyl (C=O) groups is 2. The second-order valence-electron chi connectivity index (χ2n) is 7.96. The standard InChI is InChI=1S/C27H23N5O6S/c1-37-23-17-22(28-27(29-23)38-2)32-39(35,36)21-15-13-20(14-16-21)30-31-24(25(33)18-9-5-3-6-10-18)26(34)19-11-7-4-8-12-19/h3-17,24H,1-2H3,(H,28,29,32). The highest BCUT2D eigenvalue weighted by Gasteiger charge is 2.28. The van der Waals surface area contributed by atoms with E-state index in [1.807, 2.05) is 0 Å². The molecule has 198 valence electrons. The number of Topliss-reactive ketones (excluding diaryl/α,β-unsaturated/α-hetero) is 2. The topological polar surface area (TPSA) is 149 Å². The van der Waals surface area contributed by atoms with Crippen LogP contribution in [0.1, 0.15) is 20.7 Å². The second-order valence-corrected chi connectivity index (χ2v) is 9.64. The third kappa shape index (κ3) is 6.67. The molecular weight excluding hydrogens is 522 g/mol. The molecule has 0 unspecified atom stereocenters. The van der Waals surface area contributed by atoms with Gasteiger partial charge in [0.15, 0.2) is 23.4 Å². The van der Waals surface area contributed by atoms with Crippen molar-refractivity contribution in [2.45, 2.75) is 10.9 Å². The fourth-order valence-electron chi connectivity index (χ4n) is 3.41. The lowest BCUT2D eigenvalue weighted by molar-refractivity contribution is 0.0861. The van der Waals surface area contributed by atoms with E-state index in [9.17, 15) is 18.0 Å². The van der Waals surface area contributed by atoms with E-state index in [2.05, 4.69) is 24.9 Å². The summed E-state index contributed by atoms with van der Waals surface area (Å²) < 4.78 is 38.1. The maximum Gasteiger partial charge on any atom is 0.321 e. The van der Waals surface area contributed by atoms with Gasteiger partial charge in [0.25, 0.3) is 10.0 Å². The summed E-state index contributed by atoms with van der Waals surface area (Å²) in [5.41, 5.74) is 0.874. The largest absolute Gasteiger partial charge is 0.481 e. The molecule has 4 rings (SSSR count). The summed E-state index contributed by atoms with van der Waals surface area (Å²) >= 11 is 0. The number of aromatic nitrogens is 2. The number of nitrogens with zero attached hydrogens (tertiary/aromatic N) is 4. The second kappa shape index (κ2) is 12.0. The number of carbonyl (C=O) groups excluding carboxylic acids is 2. The quantitative estimate of drug-likeness (QED) is 0.164. The molecule has 0 aliphatic rings. The summed E-state index contributed by atoms with van der Waals surface area (Å²) in [5, 5.41) is 8.13. The number of nitrogens with one attached hydrogen (secondary N) is 1. The van der Waals surface area contributed by atoms with E-state index in [1.54, 1.807) is 60.7 Å². The lowest BCUT2D eigenvalue weighted by Crippen LogP contribution is -2.28. The first-order valence-electron chi connectivity index (χ1n) is 11.5. The predicted octanol–water partition coefficient (Wildman–Crippen LogP) is 4.51. The molecule has 0 saturated carbocycles. The van der Waals surface area contributed by atoms with Crippen molar-refractivity contribution in [2.75, 3.05) is 18.9 Å². The number of azo groups is 1. The predicted molar refractivity (Wildman–Crippen MR) is 142 cm³/mol. The Bertz CT molecular complexity index is 1520. The smallest absolute Gasteiger partial charge is 0.321 e. The molecule has 0 aliphatic carbocycles. The SMILES string of the molecule is COc1cc(NS(=O)(=O)c2ccc(N=NC(C(=O)c3ccccc3)C(=O)c3ccccc3)cc2)nc(OC)n1. The molecular formula is C27H23N5O6S. The van der Waals surface area contributed by atoms with Crippen LogP contribution in [0, 0.1) is 0 Å². The minimum Gasteiger partial charge on any atom is -0.481 e. The van der Waals surface area contributed by atoms with Gasteiger partial charge in [0.1, 0.15) is 0 Å². The van der Waals surface area contributed by atoms with Gasteiger partial charge in [-0.25, -0.2) is 8.42 Å². The van der Waals surface area contributed by atoms with Gasteiger partial charge in [0.05, 0.1) is 24.8 Å². The number of ether oxygens (including phenoxy) is 2. The van der Waals surface area contributed by atoms with Gasteiger partial charge in [-0.3, -0.25) is 14.3 Å². The van der Waals surface area contributed by atoms with E-state index in [1.165, 1.54) is 44.6 Å². The van der Waals surface area contributed by atoms with Gasteiger partial charge >= 0.3 is 6.01 Å². The number of ketones is 2. The van der Waals surface area contributed by atoms with Crippen molar-refractivity contribution >= 4 is 33.1 Å². The zero-order valence-electron chi connectivity index (χ0n) is 20.9. The van der Waals surface area contributed by atoms with Crippen molar-refractivity contribution in [2.24, 2.45) is 10.2 Å². The Hall–Kier alpha value is -4.97. The van der Waals surface area contributed by atoms with Crippen molar-refractivity contribution in [3.05, 3.63) is 102 Å². The number of sulfonamides is 1. The summed E-state index contributed by atoms with van der Waals surface area (Å²) in [5.74, 6) is -0.955. The molecule has 0 saturated heterocycles. The van der Waals surface area contributed by atoms with Crippen LogP contribution in [0.4, 0.5) is 11.5 Å². The molecule has 0 fully saturated rings. The summed E-state index contributed by atoms with van der Waals surface area (Å²) in [7, 11) is -1.33. The molecule has 0 amide bonds. The zero-order valence-corrected chi connectivity index (χ0v) is 21.7. The van der Waals surface area contributed by atoms with Crippen molar-refractivity contribution in [1.29, 1.82) is 0 Å². The molecule has 0 radical (unpaired) electrons. The van der Waals surface area contributed by atoms with E-state index < -0.39 is 27.6 Å². The highest BCUT2D eigenvalue weighted by atomic mass is 32.2. The molecule has 12 heteroatoms. The van der Waals surface area contributed by atoms with Gasteiger partial charge in [-0.05, 0) is 24.3 Å². The fraction of sp³-hybridized carbons (Fsp3) is 0.111. The average molecular weight is 546 g/mol. The number of methoxy groups -OCH3 is 2. The molecule has 1 aromatic heterocycles. The minimum absolute atomic E-state index is 0.0517. The average Bonchev–Trinajstić information content (AvgIpc) is 2.97. The first kappa shape index (κ1) is 27.1. The maximum absolute atomic E-state index is 13.1. The first-order chi connectivity index (χ1) is 18.8. The number of hydrogen-bond acceptors (Lipinski definition) is 10. The van der Waals surface area contributed by atoms with E-state index in [4.69, 9.17) is 9.47 Å². The van der Waals surface area contributed by atoms with Crippen LogP contribution in [-0.4, -0.2) is 50.2 Å². The van der Waals surface area contributed by atoms with Gasteiger partial charge in [0.2, 0.25) is 5.88 Å². The highest BCUT2D eigenvalue weighted by Crippen LogP contribution is 2.23. The lowest BCUT2D eigenvalue weighted by atomic mass is 9.97. The summed E-state index contributed by atoms with van der Waals surface area (Å²) in [6, 6.07) is 21.9. The Morgan fingerprint density at radius 1 is 0.795 bits per heavy atom. The highest BCUT2D eigenvalue weighted by molar-refractivity contribution is 7.92. The van der Waals surface area contributed by atoms with Gasteiger partial charge in [-0.15, -0.1) is 0 Å². The Morgan fingerprint density at radius 2 is 1.36 bits per heavy atom. The summed E-state index contributed by atoms with van der Waals surface area (Å²) in [6.45, 7) is 0. The number of hydrogen-bond donors (Lipinski definition) is 1. The van der Waals surface area contributed by atoms with Crippen LogP contribution in [0.15, 0.2) is 106 Å². The molecule has 1 N–H and O–H groups in total. The third-order valence-corrected chi connectivity index (χ3v) is 6.73. The van der Waals surface area contributed by atoms with Crippen LogP contribution < -0.4 is 14.2 Å². The molecule has 1 heterocycles. The van der Waals surface area contributed by atoms with Crippen LogP contribution in [0.25, 0.3) is 0 Å². The van der Waals surface area contributed by atoms with Crippen LogP contribution in [0.2, 0.25) is 0 Å². The van der Waals surface area contributed by atoms with E-state index in [-0.39, 0.29) is 28.3 Å². The zero-order chi connectivity index (χ0) is 27.8. The maximum atomic E-state index is 13.1. The van der Waals surface area contributed by atoms with E-state index >= 15 is 0 Å². The van der Waals surface area contributed by atoms with Gasteiger partial charge in [0, 0.05) is 17.2 Å². The van der Waals surface area contributed by atoms with Crippen molar-refractivity contribution in [3.63, 3.8) is 0 Å². The number of benzene rings is 3. The number of rotatable bonds is 11. The fourth-order valence-corrected chi connectivity index (χ4v) is 4.40.